The molecule has 7 nitrogen and oxygen atoms in total. The molecule has 0 fully saturated rings. The maximum Gasteiger partial charge on any atom is 0.246 e. The van der Waals surface area contributed by atoms with Gasteiger partial charge in [-0.15, -0.1) is 24.0 Å². The molecule has 0 unspecified atom stereocenters. The van der Waals surface area contributed by atoms with Gasteiger partial charge in [0.1, 0.15) is 12.4 Å². The highest BCUT2D eigenvalue weighted by Gasteiger charge is 2.16. The smallest absolute Gasteiger partial charge is 0.246 e. The molecule has 0 spiro atoms. The number of anilines is 1. The quantitative estimate of drug-likeness (QED) is 0.172. The van der Waals surface area contributed by atoms with Crippen LogP contribution in [0, 0.1) is 17.5 Å². The summed E-state index contributed by atoms with van der Waals surface area (Å²) in [5.74, 6) is -3.99. The molecule has 33 heavy (non-hydrogen) atoms. The Morgan fingerprint density at radius 1 is 1.12 bits per heavy atom. The Labute approximate surface area is 206 Å². The molecule has 0 aliphatic carbocycles. The fourth-order valence-electron chi connectivity index (χ4n) is 2.94. The molecule has 1 amide bonds. The van der Waals surface area contributed by atoms with Gasteiger partial charge in [-0.05, 0) is 24.6 Å². The van der Waals surface area contributed by atoms with E-state index in [0.717, 1.165) is 23.4 Å². The van der Waals surface area contributed by atoms with Crippen LogP contribution < -0.4 is 10.6 Å². The summed E-state index contributed by atoms with van der Waals surface area (Å²) in [5.41, 5.74) is 1.44. The minimum absolute atomic E-state index is 0. The average molecular weight is 572 g/mol. The summed E-state index contributed by atoms with van der Waals surface area (Å²) in [6.45, 7) is 2.47. The van der Waals surface area contributed by atoms with Crippen molar-refractivity contribution in [3.05, 3.63) is 71.9 Å². The van der Waals surface area contributed by atoms with Gasteiger partial charge in [0, 0.05) is 13.6 Å². The van der Waals surface area contributed by atoms with Crippen molar-refractivity contribution in [2.24, 2.45) is 4.99 Å². The maximum absolute atomic E-state index is 13.7. The van der Waals surface area contributed by atoms with Crippen LogP contribution >= 0.6 is 24.0 Å². The van der Waals surface area contributed by atoms with Gasteiger partial charge in [-0.1, -0.05) is 30.3 Å². The van der Waals surface area contributed by atoms with E-state index in [9.17, 15) is 18.0 Å². The standard InChI is InChI=1S/C22H23F3N6O.HI/c1-3-26-22(28-12-19(32)30-16-10-9-15(23)20(24)21(16)25)31(2)13-18-27-11-17(29-18)14-7-5-4-6-8-14;/h4-11H,3,12-13H2,1-2H3,(H,26,28)(H,27,29)(H,30,32);1H. The molecule has 0 radical (unpaired) electrons. The number of H-pyrrole nitrogens is 1. The van der Waals surface area contributed by atoms with Gasteiger partial charge in [0.15, 0.2) is 23.4 Å². The van der Waals surface area contributed by atoms with Crippen LogP contribution in [-0.2, 0) is 11.3 Å². The van der Waals surface area contributed by atoms with E-state index in [0.29, 0.717) is 24.9 Å². The third-order valence-electron chi connectivity index (χ3n) is 4.48. The van der Waals surface area contributed by atoms with Gasteiger partial charge < -0.3 is 20.5 Å². The molecule has 0 saturated heterocycles. The first-order valence-corrected chi connectivity index (χ1v) is 9.91. The monoisotopic (exact) mass is 572 g/mol. The van der Waals surface area contributed by atoms with Crippen LogP contribution in [-0.4, -0.2) is 46.9 Å². The number of nitrogens with one attached hydrogen (secondary N) is 3. The van der Waals surface area contributed by atoms with E-state index in [1.165, 1.54) is 0 Å². The van der Waals surface area contributed by atoms with Crippen LogP contribution in [0.3, 0.4) is 0 Å². The molecule has 1 aromatic heterocycles. The Kier molecular flexibility index (Phi) is 9.70. The Hall–Kier alpha value is -3.09. The molecule has 0 bridgehead atoms. The van der Waals surface area contributed by atoms with Crippen molar-refractivity contribution in [1.29, 1.82) is 0 Å². The van der Waals surface area contributed by atoms with Crippen LogP contribution in [0.2, 0.25) is 0 Å². The number of halogens is 4. The summed E-state index contributed by atoms with van der Waals surface area (Å²) in [6, 6.07) is 11.5. The lowest BCUT2D eigenvalue weighted by atomic mass is 10.2. The summed E-state index contributed by atoms with van der Waals surface area (Å²) < 4.78 is 40.1. The van der Waals surface area contributed by atoms with E-state index in [2.05, 4.69) is 25.6 Å². The Morgan fingerprint density at radius 3 is 2.55 bits per heavy atom. The zero-order chi connectivity index (χ0) is 23.1. The molecule has 3 N–H and O–H groups in total. The van der Waals surface area contributed by atoms with E-state index >= 15 is 0 Å². The van der Waals surface area contributed by atoms with Crippen molar-refractivity contribution in [2.75, 3.05) is 25.5 Å². The molecule has 3 rings (SSSR count). The topological polar surface area (TPSA) is 85.4 Å². The van der Waals surface area contributed by atoms with Gasteiger partial charge in [0.05, 0.1) is 24.1 Å². The van der Waals surface area contributed by atoms with E-state index in [4.69, 9.17) is 0 Å². The number of guanidine groups is 1. The highest BCUT2D eigenvalue weighted by Crippen LogP contribution is 2.19. The lowest BCUT2D eigenvalue weighted by molar-refractivity contribution is -0.114. The van der Waals surface area contributed by atoms with Gasteiger partial charge >= 0.3 is 0 Å². The number of aromatic amines is 1. The summed E-state index contributed by atoms with van der Waals surface area (Å²) in [7, 11) is 1.78. The van der Waals surface area contributed by atoms with E-state index in [1.54, 1.807) is 18.1 Å². The number of aliphatic imine (C=N–C) groups is 1. The van der Waals surface area contributed by atoms with Gasteiger partial charge in [-0.2, -0.15) is 0 Å². The van der Waals surface area contributed by atoms with E-state index in [1.807, 2.05) is 37.3 Å². The highest BCUT2D eigenvalue weighted by atomic mass is 127. The van der Waals surface area contributed by atoms with Crippen LogP contribution in [0.1, 0.15) is 12.7 Å². The fraction of sp³-hybridized carbons (Fsp3) is 0.227. The summed E-state index contributed by atoms with van der Waals surface area (Å²) in [6.07, 6.45) is 1.74. The Balaban J connectivity index is 0.00000385. The van der Waals surface area contributed by atoms with Crippen molar-refractivity contribution in [3.8, 4) is 11.3 Å². The molecule has 0 atom stereocenters. The molecule has 2 aromatic carbocycles. The molecule has 0 aliphatic rings. The van der Waals surface area contributed by atoms with Gasteiger partial charge in [-0.25, -0.2) is 23.1 Å². The first kappa shape index (κ1) is 26.2. The second-order valence-electron chi connectivity index (χ2n) is 6.91. The normalized spacial score (nSPS) is 11.0. The number of imidazole rings is 1. The first-order chi connectivity index (χ1) is 15.4. The molecule has 11 heteroatoms. The predicted molar refractivity (Wildman–Crippen MR) is 132 cm³/mol. The molecule has 0 saturated carbocycles. The largest absolute Gasteiger partial charge is 0.357 e. The first-order valence-electron chi connectivity index (χ1n) is 9.91. The van der Waals surface area contributed by atoms with Crippen molar-refractivity contribution in [1.82, 2.24) is 20.2 Å². The molecule has 0 aliphatic heterocycles. The van der Waals surface area contributed by atoms with Crippen LogP contribution in [0.5, 0.6) is 0 Å². The number of rotatable bonds is 7. The van der Waals surface area contributed by atoms with Crippen molar-refractivity contribution < 1.29 is 18.0 Å². The molecular weight excluding hydrogens is 548 g/mol. The van der Waals surface area contributed by atoms with Crippen LogP contribution in [0.15, 0.2) is 53.7 Å². The third kappa shape index (κ3) is 6.94. The number of carbonyl (C=O) groups is 1. The zero-order valence-electron chi connectivity index (χ0n) is 18.0. The maximum atomic E-state index is 13.7. The highest BCUT2D eigenvalue weighted by molar-refractivity contribution is 14.0. The number of amides is 1. The number of benzene rings is 2. The van der Waals surface area contributed by atoms with E-state index in [-0.39, 0.29) is 30.5 Å². The number of hydrogen-bond donors (Lipinski definition) is 3. The summed E-state index contributed by atoms with van der Waals surface area (Å²) in [4.78, 5) is 25.8. The SMILES string of the molecule is CCNC(=NCC(=O)Nc1ccc(F)c(F)c1F)N(C)Cc1ncc(-c2ccccc2)[nH]1.I. The Morgan fingerprint density at radius 2 is 1.85 bits per heavy atom. The van der Waals surface area contributed by atoms with Crippen LogP contribution in [0.25, 0.3) is 11.3 Å². The molecular formula is C22H24F3IN6O. The van der Waals surface area contributed by atoms with Crippen molar-refractivity contribution in [3.63, 3.8) is 0 Å². The molecule has 1 heterocycles. The second kappa shape index (κ2) is 12.2. The molecule has 3 aromatic rings. The van der Waals surface area contributed by atoms with Gasteiger partial charge in [0.25, 0.3) is 0 Å². The van der Waals surface area contributed by atoms with Gasteiger partial charge in [0.2, 0.25) is 5.91 Å². The summed E-state index contributed by atoms with van der Waals surface area (Å²) in [5, 5.41) is 5.25. The second-order valence-corrected chi connectivity index (χ2v) is 6.91. The lowest BCUT2D eigenvalue weighted by Crippen LogP contribution is -2.39. The number of nitrogens with zero attached hydrogens (tertiary/aromatic N) is 3. The van der Waals surface area contributed by atoms with E-state index < -0.39 is 29.0 Å². The minimum Gasteiger partial charge on any atom is -0.357 e. The Bertz CT molecular complexity index is 1110. The average Bonchev–Trinajstić information content (AvgIpc) is 3.26. The third-order valence-corrected chi connectivity index (χ3v) is 4.48. The lowest BCUT2D eigenvalue weighted by Gasteiger charge is -2.21. The van der Waals surface area contributed by atoms with Crippen molar-refractivity contribution >= 4 is 41.5 Å². The fourth-order valence-corrected chi connectivity index (χ4v) is 2.94. The minimum atomic E-state index is -1.65. The predicted octanol–water partition coefficient (Wildman–Crippen LogP) is 4.15. The number of aromatic nitrogens is 2. The number of hydrogen-bond acceptors (Lipinski definition) is 3. The number of carbonyl (C=O) groups excluding carboxylic acids is 1. The zero-order valence-corrected chi connectivity index (χ0v) is 20.4. The van der Waals surface area contributed by atoms with Crippen molar-refractivity contribution in [2.45, 2.75) is 13.5 Å². The summed E-state index contributed by atoms with van der Waals surface area (Å²) >= 11 is 0. The van der Waals surface area contributed by atoms with Gasteiger partial charge in [-0.3, -0.25) is 4.79 Å². The molecule has 176 valence electrons. The van der Waals surface area contributed by atoms with Crippen LogP contribution in [0.4, 0.5) is 18.9 Å².